The van der Waals surface area contributed by atoms with E-state index >= 15 is 0 Å². The largest absolute Gasteiger partial charge is 0.507 e. The van der Waals surface area contributed by atoms with E-state index in [-0.39, 0.29) is 32.7 Å². The van der Waals surface area contributed by atoms with Gasteiger partial charge in [-0.25, -0.2) is 0 Å². The van der Waals surface area contributed by atoms with E-state index in [0.717, 1.165) is 33.5 Å². The van der Waals surface area contributed by atoms with E-state index < -0.39 is 0 Å². The van der Waals surface area contributed by atoms with Crippen molar-refractivity contribution in [2.24, 2.45) is 0 Å². The Hall–Kier alpha value is -2.16. The molecular formula is C23H26N2O3S3. The zero-order valence-electron chi connectivity index (χ0n) is 18.4. The molecule has 31 heavy (non-hydrogen) atoms. The molecule has 164 valence electrons. The number of phenols is 1. The third-order valence-corrected chi connectivity index (χ3v) is 6.97. The van der Waals surface area contributed by atoms with Crippen LogP contribution in [0.25, 0.3) is 6.08 Å². The smallest absolute Gasteiger partial charge is 0.285 e. The van der Waals surface area contributed by atoms with E-state index in [2.05, 4.69) is 5.43 Å². The third-order valence-electron chi connectivity index (χ3n) is 4.80. The maximum atomic E-state index is 12.9. The van der Waals surface area contributed by atoms with Crippen LogP contribution in [0.4, 0.5) is 0 Å². The monoisotopic (exact) mass is 474 g/mol. The van der Waals surface area contributed by atoms with E-state index in [4.69, 9.17) is 12.2 Å². The molecule has 0 spiro atoms. The first-order valence-electron chi connectivity index (χ1n) is 9.79. The normalized spacial score (nSPS) is 16.3. The second-order valence-corrected chi connectivity index (χ2v) is 12.0. The number of thioether (sulfide) groups is 1. The Morgan fingerprint density at radius 2 is 1.71 bits per heavy atom. The van der Waals surface area contributed by atoms with Gasteiger partial charge in [0.15, 0.2) is 4.32 Å². The van der Waals surface area contributed by atoms with E-state index in [0.29, 0.717) is 9.78 Å². The summed E-state index contributed by atoms with van der Waals surface area (Å²) in [4.78, 5) is 26.2. The maximum Gasteiger partial charge on any atom is 0.285 e. The van der Waals surface area contributed by atoms with E-state index in [1.807, 2.05) is 53.7 Å². The van der Waals surface area contributed by atoms with Crippen LogP contribution < -0.4 is 5.43 Å². The molecule has 0 bridgehead atoms. The number of phenolic OH excluding ortho intramolecular Hbond substituents is 1. The summed E-state index contributed by atoms with van der Waals surface area (Å²) in [5.41, 5.74) is 4.47. The quantitative estimate of drug-likeness (QED) is 0.448. The summed E-state index contributed by atoms with van der Waals surface area (Å²) in [5.74, 6) is -0.460. The minimum atomic E-state index is -0.373. The first-order chi connectivity index (χ1) is 14.3. The second kappa shape index (κ2) is 8.41. The van der Waals surface area contributed by atoms with Crippen LogP contribution in [0.3, 0.4) is 0 Å². The molecular weight excluding hydrogens is 448 g/mol. The van der Waals surface area contributed by atoms with E-state index in [1.165, 1.54) is 11.3 Å². The number of hydrazine groups is 1. The molecule has 0 saturated carbocycles. The van der Waals surface area contributed by atoms with Crippen LogP contribution in [0, 0.1) is 0 Å². The highest BCUT2D eigenvalue weighted by Gasteiger charge is 2.34. The van der Waals surface area contributed by atoms with Crippen molar-refractivity contribution in [3.8, 4) is 5.75 Å². The number of thiocarbonyl (C=S) groups is 1. The Kier molecular flexibility index (Phi) is 6.37. The summed E-state index contributed by atoms with van der Waals surface area (Å²) in [6, 6.07) is 7.27. The number of hydrogen-bond donors (Lipinski definition) is 2. The highest BCUT2D eigenvalue weighted by molar-refractivity contribution is 8.26. The van der Waals surface area contributed by atoms with Crippen LogP contribution in [0.5, 0.6) is 5.75 Å². The molecule has 1 aromatic carbocycles. The highest BCUT2D eigenvalue weighted by Crippen LogP contribution is 2.41. The van der Waals surface area contributed by atoms with Gasteiger partial charge in [0.1, 0.15) is 5.75 Å². The molecule has 1 saturated heterocycles. The Morgan fingerprint density at radius 3 is 2.19 bits per heavy atom. The van der Waals surface area contributed by atoms with Gasteiger partial charge in [0.25, 0.3) is 11.8 Å². The van der Waals surface area contributed by atoms with Crippen molar-refractivity contribution >= 4 is 57.5 Å². The number of benzene rings is 1. The number of nitrogens with one attached hydrogen (secondary N) is 1. The Labute approximate surface area is 196 Å². The number of amides is 2. The number of nitrogens with zero attached hydrogens (tertiary/aromatic N) is 1. The van der Waals surface area contributed by atoms with Gasteiger partial charge >= 0.3 is 0 Å². The molecule has 1 aliphatic heterocycles. The summed E-state index contributed by atoms with van der Waals surface area (Å²) in [6.45, 7) is 12.2. The Bertz CT molecular complexity index is 1040. The van der Waals surface area contributed by atoms with Gasteiger partial charge in [-0.05, 0) is 58.3 Å². The molecule has 1 aromatic heterocycles. The number of rotatable bonds is 3. The summed E-state index contributed by atoms with van der Waals surface area (Å²) < 4.78 is 0.270. The van der Waals surface area contributed by atoms with Gasteiger partial charge in [0, 0.05) is 11.1 Å². The average molecular weight is 475 g/mol. The van der Waals surface area contributed by atoms with Gasteiger partial charge < -0.3 is 5.11 Å². The summed E-state index contributed by atoms with van der Waals surface area (Å²) in [6.07, 6.45) is 1.76. The molecule has 5 nitrogen and oxygen atoms in total. The van der Waals surface area contributed by atoms with Crippen LogP contribution in [0.1, 0.15) is 67.9 Å². The molecule has 2 aromatic rings. The number of thiophene rings is 1. The lowest BCUT2D eigenvalue weighted by atomic mass is 9.78. The van der Waals surface area contributed by atoms with E-state index in [1.54, 1.807) is 23.6 Å². The average Bonchev–Trinajstić information content (AvgIpc) is 3.26. The van der Waals surface area contributed by atoms with Gasteiger partial charge in [0.05, 0.1) is 9.78 Å². The second-order valence-electron chi connectivity index (χ2n) is 9.40. The zero-order chi connectivity index (χ0) is 23.1. The predicted octanol–water partition coefficient (Wildman–Crippen LogP) is 5.59. The highest BCUT2D eigenvalue weighted by atomic mass is 32.2. The topological polar surface area (TPSA) is 69.6 Å². The Morgan fingerprint density at radius 1 is 1.13 bits per heavy atom. The molecule has 8 heteroatoms. The van der Waals surface area contributed by atoms with Gasteiger partial charge in [-0.3, -0.25) is 15.0 Å². The van der Waals surface area contributed by atoms with Crippen molar-refractivity contribution < 1.29 is 14.7 Å². The van der Waals surface area contributed by atoms with Gasteiger partial charge in [-0.2, -0.15) is 5.01 Å². The van der Waals surface area contributed by atoms with Crippen LogP contribution >= 0.6 is 35.3 Å². The minimum absolute atomic E-state index is 0.270. The molecule has 0 aliphatic carbocycles. The fourth-order valence-electron chi connectivity index (χ4n) is 3.16. The van der Waals surface area contributed by atoms with Crippen molar-refractivity contribution in [2.45, 2.75) is 52.4 Å². The van der Waals surface area contributed by atoms with Gasteiger partial charge in [0.2, 0.25) is 0 Å². The first-order valence-corrected chi connectivity index (χ1v) is 11.9. The van der Waals surface area contributed by atoms with Crippen molar-refractivity contribution in [1.82, 2.24) is 10.4 Å². The minimum Gasteiger partial charge on any atom is -0.507 e. The molecule has 1 aliphatic rings. The molecule has 0 radical (unpaired) electrons. The SMILES string of the molecule is CC(C)(C)c1cc(/C=C2\SC(=S)N(NC(=O)c3cccs3)C2=O)cc(C(C)(C)C)c1O. The molecule has 0 unspecified atom stereocenters. The molecule has 0 atom stereocenters. The zero-order valence-corrected chi connectivity index (χ0v) is 20.8. The Balaban J connectivity index is 1.97. The fraction of sp³-hybridized carbons (Fsp3) is 0.348. The fourth-order valence-corrected chi connectivity index (χ4v) is 4.96. The van der Waals surface area contributed by atoms with Crippen molar-refractivity contribution in [2.75, 3.05) is 0 Å². The summed E-state index contributed by atoms with van der Waals surface area (Å²) >= 11 is 7.76. The van der Waals surface area contributed by atoms with Crippen molar-refractivity contribution in [1.29, 1.82) is 0 Å². The first kappa shape index (κ1) is 23.5. The number of carbonyl (C=O) groups excluding carboxylic acids is 2. The van der Waals surface area contributed by atoms with E-state index in [9.17, 15) is 14.7 Å². The standard InChI is InChI=1S/C23H26N2O3S3/c1-22(2,3)14-10-13(11-15(18(14)26)23(4,5)6)12-17-20(28)25(21(29)31-17)24-19(27)16-8-7-9-30-16/h7-12,26H,1-6H3,(H,24,27)/b17-12-. The molecule has 2 amide bonds. The van der Waals surface area contributed by atoms with Crippen molar-refractivity contribution in [3.05, 3.63) is 56.1 Å². The number of hydrogen-bond acceptors (Lipinski definition) is 6. The van der Waals surface area contributed by atoms with Crippen LogP contribution in [0.15, 0.2) is 34.6 Å². The molecule has 2 N–H and O–H groups in total. The predicted molar refractivity (Wildman–Crippen MR) is 132 cm³/mol. The van der Waals surface area contributed by atoms with Gasteiger partial charge in [-0.15, -0.1) is 11.3 Å². The summed E-state index contributed by atoms with van der Waals surface area (Å²) in [7, 11) is 0. The van der Waals surface area contributed by atoms with Crippen LogP contribution in [-0.2, 0) is 15.6 Å². The van der Waals surface area contributed by atoms with Crippen LogP contribution in [0.2, 0.25) is 0 Å². The van der Waals surface area contributed by atoms with Crippen molar-refractivity contribution in [3.63, 3.8) is 0 Å². The summed E-state index contributed by atoms with van der Waals surface area (Å²) in [5, 5.41) is 13.8. The van der Waals surface area contributed by atoms with Gasteiger partial charge in [-0.1, -0.05) is 59.4 Å². The number of carbonyl (C=O) groups is 2. The number of aromatic hydroxyl groups is 1. The lowest BCUT2D eigenvalue weighted by Gasteiger charge is -2.28. The lowest BCUT2D eigenvalue weighted by Crippen LogP contribution is -2.44. The molecule has 3 rings (SSSR count). The molecule has 2 heterocycles. The third kappa shape index (κ3) is 5.02. The van der Waals surface area contributed by atoms with Crippen LogP contribution in [-0.4, -0.2) is 26.3 Å². The lowest BCUT2D eigenvalue weighted by molar-refractivity contribution is -0.123. The molecule has 1 fully saturated rings. The maximum absolute atomic E-state index is 12.9.